The van der Waals surface area contributed by atoms with Gasteiger partial charge < -0.3 is 14.6 Å². The van der Waals surface area contributed by atoms with Crippen molar-refractivity contribution in [3.8, 4) is 5.75 Å². The highest BCUT2D eigenvalue weighted by molar-refractivity contribution is 5.68. The average molecular weight is 343 g/mol. The van der Waals surface area contributed by atoms with Crippen LogP contribution in [0.3, 0.4) is 0 Å². The summed E-state index contributed by atoms with van der Waals surface area (Å²) in [7, 11) is 0. The lowest BCUT2D eigenvalue weighted by Crippen LogP contribution is -2.38. The summed E-state index contributed by atoms with van der Waals surface area (Å²) in [5, 5.41) is 8.63. The Morgan fingerprint density at radius 3 is 2.80 bits per heavy atom. The molecular formula is C18H21N3O4. The number of carboxylic acids is 1. The van der Waals surface area contributed by atoms with Gasteiger partial charge in [-0.25, -0.2) is 4.79 Å². The van der Waals surface area contributed by atoms with Crippen LogP contribution in [0.2, 0.25) is 0 Å². The second-order valence-corrected chi connectivity index (χ2v) is 6.00. The van der Waals surface area contributed by atoms with Crippen LogP contribution in [0.15, 0.2) is 36.7 Å². The maximum Gasteiger partial charge on any atom is 0.341 e. The predicted molar refractivity (Wildman–Crippen MR) is 90.3 cm³/mol. The van der Waals surface area contributed by atoms with Crippen LogP contribution in [0.4, 0.5) is 0 Å². The molecule has 0 radical (unpaired) electrons. The highest BCUT2D eigenvalue weighted by Crippen LogP contribution is 2.22. The van der Waals surface area contributed by atoms with Crippen molar-refractivity contribution in [1.82, 2.24) is 14.9 Å². The van der Waals surface area contributed by atoms with Crippen molar-refractivity contribution >= 4 is 5.97 Å². The van der Waals surface area contributed by atoms with Crippen LogP contribution in [-0.2, 0) is 16.1 Å². The lowest BCUT2D eigenvalue weighted by atomic mass is 10.1. The Kier molecular flexibility index (Phi) is 5.57. The van der Waals surface area contributed by atoms with Crippen molar-refractivity contribution in [3.05, 3.63) is 53.6 Å². The Balaban J connectivity index is 1.57. The van der Waals surface area contributed by atoms with Crippen LogP contribution < -0.4 is 4.74 Å². The molecular weight excluding hydrogens is 322 g/mol. The second-order valence-electron chi connectivity index (χ2n) is 6.00. The molecule has 1 unspecified atom stereocenters. The van der Waals surface area contributed by atoms with E-state index in [0.29, 0.717) is 12.4 Å². The zero-order valence-corrected chi connectivity index (χ0v) is 14.1. The number of carbonyl (C=O) groups is 1. The summed E-state index contributed by atoms with van der Waals surface area (Å²) in [6.07, 6.45) is 3.46. The molecule has 25 heavy (non-hydrogen) atoms. The minimum absolute atomic E-state index is 0.0694. The van der Waals surface area contributed by atoms with Crippen molar-refractivity contribution < 1.29 is 19.4 Å². The zero-order valence-electron chi connectivity index (χ0n) is 14.1. The Morgan fingerprint density at radius 2 is 2.12 bits per heavy atom. The molecule has 0 aliphatic carbocycles. The summed E-state index contributed by atoms with van der Waals surface area (Å²) in [5.41, 5.74) is 2.88. The molecule has 1 fully saturated rings. The minimum atomic E-state index is -0.984. The maximum atomic E-state index is 10.5. The Bertz CT molecular complexity index is 703. The van der Waals surface area contributed by atoms with Gasteiger partial charge in [-0.3, -0.25) is 14.9 Å². The molecule has 132 valence electrons. The van der Waals surface area contributed by atoms with Crippen molar-refractivity contribution in [1.29, 1.82) is 0 Å². The fraction of sp³-hybridized carbons (Fsp3) is 0.389. The van der Waals surface area contributed by atoms with Gasteiger partial charge in [-0.1, -0.05) is 12.1 Å². The van der Waals surface area contributed by atoms with Gasteiger partial charge in [-0.15, -0.1) is 0 Å². The number of hydrogen-bond acceptors (Lipinski definition) is 6. The van der Waals surface area contributed by atoms with Crippen molar-refractivity contribution in [2.45, 2.75) is 19.6 Å². The lowest BCUT2D eigenvalue weighted by Gasteiger charge is -2.32. The van der Waals surface area contributed by atoms with E-state index in [1.165, 1.54) is 0 Å². The molecule has 1 aliphatic heterocycles. The standard InChI is InChI=1S/C18H21N3O4/c1-13-8-20-16(9-19-13)17-11-21(6-7-24-17)10-14-2-4-15(5-3-14)25-12-18(22)23/h2-5,8-9,17H,6-7,10-12H2,1H3,(H,22,23). The van der Waals surface area contributed by atoms with Gasteiger partial charge in [-0.2, -0.15) is 0 Å². The minimum Gasteiger partial charge on any atom is -0.482 e. The number of rotatable bonds is 6. The molecule has 0 bridgehead atoms. The van der Waals surface area contributed by atoms with E-state index in [-0.39, 0.29) is 12.7 Å². The quantitative estimate of drug-likeness (QED) is 0.856. The number of aromatic nitrogens is 2. The van der Waals surface area contributed by atoms with Gasteiger partial charge in [0.25, 0.3) is 0 Å². The third kappa shape index (κ3) is 4.98. The largest absolute Gasteiger partial charge is 0.482 e. The summed E-state index contributed by atoms with van der Waals surface area (Å²) < 4.78 is 11.0. The van der Waals surface area contributed by atoms with E-state index in [1.54, 1.807) is 24.5 Å². The molecule has 2 aromatic rings. The third-order valence-corrected chi connectivity index (χ3v) is 3.97. The summed E-state index contributed by atoms with van der Waals surface area (Å²) in [4.78, 5) is 21.5. The summed E-state index contributed by atoms with van der Waals surface area (Å²) >= 11 is 0. The first-order valence-corrected chi connectivity index (χ1v) is 8.16. The van der Waals surface area contributed by atoms with Crippen LogP contribution in [0.1, 0.15) is 23.1 Å². The number of morpholine rings is 1. The highest BCUT2D eigenvalue weighted by Gasteiger charge is 2.23. The number of benzene rings is 1. The van der Waals surface area contributed by atoms with Gasteiger partial charge in [0.15, 0.2) is 6.61 Å². The molecule has 1 aromatic carbocycles. The lowest BCUT2D eigenvalue weighted by molar-refractivity contribution is -0.139. The first kappa shape index (κ1) is 17.3. The van der Waals surface area contributed by atoms with Crippen molar-refractivity contribution in [2.75, 3.05) is 26.3 Å². The van der Waals surface area contributed by atoms with E-state index in [1.807, 2.05) is 19.1 Å². The number of aryl methyl sites for hydroxylation is 1. The van der Waals surface area contributed by atoms with Gasteiger partial charge in [0.05, 0.1) is 24.2 Å². The molecule has 1 N–H and O–H groups in total. The number of aliphatic carboxylic acids is 1. The fourth-order valence-corrected chi connectivity index (χ4v) is 2.69. The van der Waals surface area contributed by atoms with Gasteiger partial charge in [-0.05, 0) is 24.6 Å². The zero-order chi connectivity index (χ0) is 17.6. The molecule has 1 atom stereocenters. The van der Waals surface area contributed by atoms with Crippen LogP contribution in [0, 0.1) is 6.92 Å². The molecule has 0 amide bonds. The molecule has 0 spiro atoms. The van der Waals surface area contributed by atoms with Crippen LogP contribution >= 0.6 is 0 Å². The van der Waals surface area contributed by atoms with Gasteiger partial charge in [0.1, 0.15) is 11.9 Å². The first-order valence-electron chi connectivity index (χ1n) is 8.16. The van der Waals surface area contributed by atoms with E-state index in [2.05, 4.69) is 14.9 Å². The van der Waals surface area contributed by atoms with E-state index < -0.39 is 5.97 Å². The van der Waals surface area contributed by atoms with Crippen molar-refractivity contribution in [3.63, 3.8) is 0 Å². The fourth-order valence-electron chi connectivity index (χ4n) is 2.69. The molecule has 3 rings (SSSR count). The average Bonchev–Trinajstić information content (AvgIpc) is 2.62. The monoisotopic (exact) mass is 343 g/mol. The third-order valence-electron chi connectivity index (χ3n) is 3.97. The summed E-state index contributed by atoms with van der Waals surface area (Å²) in [5.74, 6) is -0.427. The smallest absolute Gasteiger partial charge is 0.341 e. The first-order chi connectivity index (χ1) is 12.1. The molecule has 1 saturated heterocycles. The molecule has 0 saturated carbocycles. The van der Waals surface area contributed by atoms with E-state index >= 15 is 0 Å². The Labute approximate surface area is 146 Å². The topological polar surface area (TPSA) is 84.8 Å². The summed E-state index contributed by atoms with van der Waals surface area (Å²) in [6.45, 7) is 4.64. The van der Waals surface area contributed by atoms with Gasteiger partial charge >= 0.3 is 5.97 Å². The van der Waals surface area contributed by atoms with Crippen LogP contribution in [0.25, 0.3) is 0 Å². The van der Waals surface area contributed by atoms with E-state index in [0.717, 1.165) is 36.6 Å². The number of nitrogens with zero attached hydrogens (tertiary/aromatic N) is 3. The second kappa shape index (κ2) is 8.04. The molecule has 2 heterocycles. The number of carboxylic acid groups (broad SMARTS) is 1. The SMILES string of the molecule is Cc1cnc(C2CN(Cc3ccc(OCC(=O)O)cc3)CCO2)cn1. The molecule has 1 aromatic heterocycles. The predicted octanol–water partition coefficient (Wildman–Crippen LogP) is 1.82. The van der Waals surface area contributed by atoms with Crippen LogP contribution in [-0.4, -0.2) is 52.2 Å². The molecule has 7 heteroatoms. The van der Waals surface area contributed by atoms with Gasteiger partial charge in [0.2, 0.25) is 0 Å². The normalized spacial score (nSPS) is 18.0. The molecule has 7 nitrogen and oxygen atoms in total. The Morgan fingerprint density at radius 1 is 1.32 bits per heavy atom. The maximum absolute atomic E-state index is 10.5. The van der Waals surface area contributed by atoms with Crippen LogP contribution in [0.5, 0.6) is 5.75 Å². The number of hydrogen-bond donors (Lipinski definition) is 1. The van der Waals surface area contributed by atoms with Crippen molar-refractivity contribution in [2.24, 2.45) is 0 Å². The van der Waals surface area contributed by atoms with E-state index in [4.69, 9.17) is 14.6 Å². The van der Waals surface area contributed by atoms with E-state index in [9.17, 15) is 4.79 Å². The van der Waals surface area contributed by atoms with Gasteiger partial charge in [0, 0.05) is 25.8 Å². The number of ether oxygens (including phenoxy) is 2. The Hall–Kier alpha value is -2.51. The highest BCUT2D eigenvalue weighted by atomic mass is 16.5. The summed E-state index contributed by atoms with van der Waals surface area (Å²) in [6, 6.07) is 7.49. The molecule has 1 aliphatic rings.